The number of nitrogens with zero attached hydrogens (tertiary/aromatic N) is 2. The van der Waals surface area contributed by atoms with E-state index in [0.29, 0.717) is 29.8 Å². The molecule has 0 spiro atoms. The third kappa shape index (κ3) is 1.59. The summed E-state index contributed by atoms with van der Waals surface area (Å²) in [4.78, 5) is 9.22. The third-order valence-electron chi connectivity index (χ3n) is 9.86. The highest BCUT2D eigenvalue weighted by molar-refractivity contribution is 6.07. The molecule has 2 heterocycles. The predicted molar refractivity (Wildman–Crippen MR) is 118 cm³/mol. The van der Waals surface area contributed by atoms with Crippen LogP contribution in [0.4, 0.5) is 5.69 Å². The smallest absolute Gasteiger partial charge is 0.301 e. The normalized spacial score (nSPS) is 49.1. The molecule has 0 unspecified atom stereocenters. The molecule has 0 amide bonds. The maximum atomic E-state index is 13.1. The second-order valence-corrected chi connectivity index (χ2v) is 11.6. The molecule has 5 nitrogen and oxygen atoms in total. The molecule has 7 atom stereocenters. The first kappa shape index (κ1) is 19.7. The molecule has 2 saturated carbocycles. The Morgan fingerprint density at radius 1 is 1.16 bits per heavy atom. The van der Waals surface area contributed by atoms with Crippen LogP contribution in [0.2, 0.25) is 0 Å². The molecule has 1 aromatic carbocycles. The SMILES string of the molecule is [C-]#[N+][C@@]12[C@@H]3O[C@@H]3C(C)(C)C3=Nc4cccc5c4[C@@]3(O)[C@@]1(O)[C@@H](CC[C@@]2(C)C=C)C5(C)C. The first-order valence-corrected chi connectivity index (χ1v) is 11.3. The summed E-state index contributed by atoms with van der Waals surface area (Å²) in [7, 11) is 0. The standard InChI is InChI=1S/C26H30N2O3/c1-8-23(6)13-12-16-21(2,3)14-10-9-11-15-17(14)24(29)20(28-15)22(4,5)18-19(31-18)25(23,27-7)26(16,24)30/h8-11,16,18-19,29-30H,1,12-13H2,2-6H3/t16-,18-,19+,23+,24-,25+,26-/m0/s1. The summed E-state index contributed by atoms with van der Waals surface area (Å²) >= 11 is 0. The maximum absolute atomic E-state index is 13.1. The van der Waals surface area contributed by atoms with Crippen molar-refractivity contribution in [2.75, 3.05) is 0 Å². The Kier molecular flexibility index (Phi) is 3.16. The Morgan fingerprint density at radius 2 is 1.87 bits per heavy atom. The fraction of sp³-hybridized carbons (Fsp3) is 0.615. The van der Waals surface area contributed by atoms with Crippen LogP contribution in [0.5, 0.6) is 0 Å². The summed E-state index contributed by atoms with van der Waals surface area (Å²) in [5.74, 6) is -0.336. The molecule has 162 valence electrons. The van der Waals surface area contributed by atoms with Crippen LogP contribution in [-0.4, -0.2) is 39.3 Å². The lowest BCUT2D eigenvalue weighted by Crippen LogP contribution is -2.81. The second-order valence-electron chi connectivity index (χ2n) is 11.6. The van der Waals surface area contributed by atoms with E-state index in [1.807, 2.05) is 39.0 Å². The molecule has 5 heteroatoms. The van der Waals surface area contributed by atoms with Crippen LogP contribution < -0.4 is 0 Å². The first-order valence-electron chi connectivity index (χ1n) is 11.3. The number of rotatable bonds is 1. The lowest BCUT2D eigenvalue weighted by atomic mass is 9.39. The van der Waals surface area contributed by atoms with Gasteiger partial charge >= 0.3 is 5.54 Å². The number of benzene rings is 1. The zero-order chi connectivity index (χ0) is 22.4. The molecule has 3 fully saturated rings. The van der Waals surface area contributed by atoms with Crippen LogP contribution in [0, 0.1) is 23.3 Å². The molecular weight excluding hydrogens is 388 g/mol. The largest absolute Gasteiger partial charge is 0.378 e. The van der Waals surface area contributed by atoms with Gasteiger partial charge in [-0.25, -0.2) is 6.57 Å². The summed E-state index contributed by atoms with van der Waals surface area (Å²) in [6.07, 6.45) is 2.43. The van der Waals surface area contributed by atoms with Gasteiger partial charge in [-0.2, -0.15) is 0 Å². The molecule has 1 aromatic rings. The van der Waals surface area contributed by atoms with Crippen LogP contribution >= 0.6 is 0 Å². The van der Waals surface area contributed by atoms with E-state index in [-0.39, 0.29) is 12.0 Å². The molecule has 3 aliphatic carbocycles. The van der Waals surface area contributed by atoms with Gasteiger partial charge in [0.15, 0.2) is 17.3 Å². The van der Waals surface area contributed by atoms with Crippen LogP contribution in [0.1, 0.15) is 58.6 Å². The van der Waals surface area contributed by atoms with E-state index in [0.717, 1.165) is 5.56 Å². The number of aliphatic hydroxyl groups is 2. The average molecular weight is 419 g/mol. The van der Waals surface area contributed by atoms with Crippen molar-refractivity contribution in [1.29, 1.82) is 0 Å². The molecule has 6 rings (SSSR count). The van der Waals surface area contributed by atoms with E-state index < -0.39 is 39.1 Å². The van der Waals surface area contributed by atoms with Gasteiger partial charge in [-0.05, 0) is 36.8 Å². The Morgan fingerprint density at radius 3 is 2.52 bits per heavy atom. The average Bonchev–Trinajstić information content (AvgIpc) is 3.46. The van der Waals surface area contributed by atoms with Gasteiger partial charge in [0.05, 0.1) is 16.8 Å². The van der Waals surface area contributed by atoms with Crippen molar-refractivity contribution in [3.63, 3.8) is 0 Å². The second kappa shape index (κ2) is 4.98. The van der Waals surface area contributed by atoms with Gasteiger partial charge in [-0.15, -0.1) is 6.58 Å². The maximum Gasteiger partial charge on any atom is 0.301 e. The first-order chi connectivity index (χ1) is 14.4. The number of aliphatic imine (C=N–C) groups is 1. The van der Waals surface area contributed by atoms with Gasteiger partial charge in [-0.1, -0.05) is 45.9 Å². The van der Waals surface area contributed by atoms with Crippen molar-refractivity contribution in [3.8, 4) is 0 Å². The fourth-order valence-corrected chi connectivity index (χ4v) is 8.18. The van der Waals surface area contributed by atoms with E-state index >= 15 is 0 Å². The number of fused-ring (bicyclic) bond motifs is 2. The van der Waals surface area contributed by atoms with Crippen molar-refractivity contribution in [3.05, 3.63) is 53.4 Å². The molecular formula is C26H30N2O3. The Labute approximate surface area is 183 Å². The number of hydrogen-bond donors (Lipinski definition) is 2. The molecule has 0 bridgehead atoms. The third-order valence-corrected chi connectivity index (χ3v) is 9.86. The van der Waals surface area contributed by atoms with E-state index in [2.05, 4.69) is 31.3 Å². The number of hydrogen-bond acceptors (Lipinski definition) is 4. The highest BCUT2D eigenvalue weighted by Gasteiger charge is 2.92. The lowest BCUT2D eigenvalue weighted by molar-refractivity contribution is -0.244. The fourth-order valence-electron chi connectivity index (χ4n) is 8.18. The van der Waals surface area contributed by atoms with E-state index in [4.69, 9.17) is 16.3 Å². The summed E-state index contributed by atoms with van der Waals surface area (Å²) < 4.78 is 6.28. The van der Waals surface area contributed by atoms with Crippen LogP contribution in [0.25, 0.3) is 4.85 Å². The summed E-state index contributed by atoms with van der Waals surface area (Å²) in [6.45, 7) is 23.0. The van der Waals surface area contributed by atoms with E-state index in [9.17, 15) is 10.2 Å². The Hall–Kier alpha value is -2.00. The quantitative estimate of drug-likeness (QED) is 0.411. The van der Waals surface area contributed by atoms with Gasteiger partial charge in [0.25, 0.3) is 0 Å². The van der Waals surface area contributed by atoms with Gasteiger partial charge in [-0.3, -0.25) is 4.99 Å². The van der Waals surface area contributed by atoms with Crippen LogP contribution in [0.3, 0.4) is 0 Å². The predicted octanol–water partition coefficient (Wildman–Crippen LogP) is 4.05. The van der Waals surface area contributed by atoms with Crippen molar-refractivity contribution in [1.82, 2.24) is 0 Å². The minimum Gasteiger partial charge on any atom is -0.378 e. The minimum atomic E-state index is -1.77. The molecule has 5 aliphatic rings. The highest BCUT2D eigenvalue weighted by atomic mass is 16.6. The Bertz CT molecular complexity index is 1150. The molecule has 2 aliphatic heterocycles. The summed E-state index contributed by atoms with van der Waals surface area (Å²) in [6, 6.07) is 5.96. The molecule has 2 N–H and O–H groups in total. The van der Waals surface area contributed by atoms with Gasteiger partial charge in [0.2, 0.25) is 0 Å². The highest BCUT2D eigenvalue weighted by Crippen LogP contribution is 2.75. The van der Waals surface area contributed by atoms with Crippen molar-refractivity contribution in [2.24, 2.45) is 21.7 Å². The van der Waals surface area contributed by atoms with Gasteiger partial charge < -0.3 is 19.8 Å². The van der Waals surface area contributed by atoms with Crippen LogP contribution in [0.15, 0.2) is 35.8 Å². The van der Waals surface area contributed by atoms with E-state index in [1.54, 1.807) is 0 Å². The van der Waals surface area contributed by atoms with Gasteiger partial charge in [0, 0.05) is 16.9 Å². The topological polar surface area (TPSA) is 69.7 Å². The van der Waals surface area contributed by atoms with Crippen molar-refractivity contribution >= 4 is 11.4 Å². The molecule has 0 aromatic heterocycles. The monoisotopic (exact) mass is 418 g/mol. The van der Waals surface area contributed by atoms with Crippen molar-refractivity contribution < 1.29 is 14.9 Å². The van der Waals surface area contributed by atoms with Gasteiger partial charge in [0.1, 0.15) is 6.10 Å². The zero-order valence-electron chi connectivity index (χ0n) is 18.9. The number of ether oxygens (including phenoxy) is 1. The van der Waals surface area contributed by atoms with Crippen LogP contribution in [-0.2, 0) is 15.8 Å². The summed E-state index contributed by atoms with van der Waals surface area (Å²) in [5, 5.41) is 25.9. The molecule has 1 saturated heterocycles. The minimum absolute atomic E-state index is 0.294. The van der Waals surface area contributed by atoms with Crippen molar-refractivity contribution in [2.45, 2.75) is 81.8 Å². The number of epoxide rings is 1. The zero-order valence-corrected chi connectivity index (χ0v) is 18.9. The lowest BCUT2D eigenvalue weighted by Gasteiger charge is -2.64. The van der Waals surface area contributed by atoms with E-state index in [1.165, 1.54) is 0 Å². The molecule has 0 radical (unpaired) electrons. The molecule has 31 heavy (non-hydrogen) atoms. The summed E-state index contributed by atoms with van der Waals surface area (Å²) in [5.41, 5.74) is -3.73. The Balaban J connectivity index is 1.84.